The van der Waals surface area contributed by atoms with Crippen molar-refractivity contribution in [3.8, 4) is 0 Å². The first kappa shape index (κ1) is 13.5. The predicted octanol–water partition coefficient (Wildman–Crippen LogP) is 1.16. The number of piperidine rings is 1. The van der Waals surface area contributed by atoms with Gasteiger partial charge in [-0.2, -0.15) is 0 Å². The van der Waals surface area contributed by atoms with Gasteiger partial charge in [0, 0.05) is 37.9 Å². The van der Waals surface area contributed by atoms with Crippen LogP contribution in [0.1, 0.15) is 33.1 Å². The van der Waals surface area contributed by atoms with Crippen LogP contribution in [0.3, 0.4) is 0 Å². The Labute approximate surface area is 109 Å². The van der Waals surface area contributed by atoms with Crippen LogP contribution in [0.5, 0.6) is 0 Å². The standard InChI is InChI=1S/C14H24N2O2/c1-14(2)10-16(7-5-12(14)17)13(18)8-11-4-6-15(3)9-11/h11H,4-10H2,1-3H3. The van der Waals surface area contributed by atoms with Gasteiger partial charge in [0.2, 0.25) is 5.91 Å². The molecule has 0 spiro atoms. The highest BCUT2D eigenvalue weighted by molar-refractivity contribution is 5.87. The number of ketones is 1. The van der Waals surface area contributed by atoms with Gasteiger partial charge in [-0.1, -0.05) is 13.8 Å². The molecule has 2 rings (SSSR count). The van der Waals surface area contributed by atoms with Crippen molar-refractivity contribution in [1.82, 2.24) is 9.80 Å². The Morgan fingerprint density at radius 1 is 1.39 bits per heavy atom. The summed E-state index contributed by atoms with van der Waals surface area (Å²) in [6.07, 6.45) is 2.29. The molecule has 0 aliphatic carbocycles. The number of likely N-dealkylation sites (tertiary alicyclic amines) is 2. The molecule has 0 radical (unpaired) electrons. The topological polar surface area (TPSA) is 40.6 Å². The minimum Gasteiger partial charge on any atom is -0.341 e. The Kier molecular flexibility index (Phi) is 3.76. The first-order valence-corrected chi connectivity index (χ1v) is 6.88. The number of rotatable bonds is 2. The van der Waals surface area contributed by atoms with Crippen LogP contribution in [-0.2, 0) is 9.59 Å². The van der Waals surface area contributed by atoms with Crippen molar-refractivity contribution >= 4 is 11.7 Å². The van der Waals surface area contributed by atoms with Crippen LogP contribution >= 0.6 is 0 Å². The van der Waals surface area contributed by atoms with Crippen molar-refractivity contribution in [3.05, 3.63) is 0 Å². The number of nitrogens with zero attached hydrogens (tertiary/aromatic N) is 2. The number of carbonyl (C=O) groups is 2. The van der Waals surface area contributed by atoms with E-state index in [1.54, 1.807) is 0 Å². The summed E-state index contributed by atoms with van der Waals surface area (Å²) in [6.45, 7) is 7.22. The Hall–Kier alpha value is -0.900. The summed E-state index contributed by atoms with van der Waals surface area (Å²) < 4.78 is 0. The van der Waals surface area contributed by atoms with Crippen LogP contribution in [0.4, 0.5) is 0 Å². The van der Waals surface area contributed by atoms with Gasteiger partial charge in [-0.25, -0.2) is 0 Å². The lowest BCUT2D eigenvalue weighted by molar-refractivity contribution is -0.141. The summed E-state index contributed by atoms with van der Waals surface area (Å²) in [7, 11) is 2.10. The largest absolute Gasteiger partial charge is 0.341 e. The van der Waals surface area contributed by atoms with Crippen molar-refractivity contribution in [2.24, 2.45) is 11.3 Å². The average molecular weight is 252 g/mol. The Balaban J connectivity index is 1.88. The van der Waals surface area contributed by atoms with E-state index in [0.717, 1.165) is 19.5 Å². The third kappa shape index (κ3) is 2.91. The molecule has 4 nitrogen and oxygen atoms in total. The van der Waals surface area contributed by atoms with Gasteiger partial charge in [0.15, 0.2) is 0 Å². The molecule has 2 aliphatic heterocycles. The summed E-state index contributed by atoms with van der Waals surface area (Å²) in [4.78, 5) is 28.1. The molecule has 4 heteroatoms. The summed E-state index contributed by atoms with van der Waals surface area (Å²) in [5.41, 5.74) is -0.361. The fourth-order valence-electron chi connectivity index (χ4n) is 3.00. The second-order valence-corrected chi connectivity index (χ2v) is 6.49. The monoisotopic (exact) mass is 252 g/mol. The van der Waals surface area contributed by atoms with E-state index in [0.29, 0.717) is 31.8 Å². The molecular formula is C14H24N2O2. The molecule has 0 aromatic carbocycles. The Bertz CT molecular complexity index is 352. The van der Waals surface area contributed by atoms with Crippen molar-refractivity contribution in [1.29, 1.82) is 0 Å². The highest BCUT2D eigenvalue weighted by Crippen LogP contribution is 2.27. The zero-order valence-electron chi connectivity index (χ0n) is 11.7. The number of amides is 1. The van der Waals surface area contributed by atoms with Crippen LogP contribution in [0.2, 0.25) is 0 Å². The van der Waals surface area contributed by atoms with Gasteiger partial charge < -0.3 is 9.80 Å². The van der Waals surface area contributed by atoms with Crippen molar-refractivity contribution in [2.45, 2.75) is 33.1 Å². The normalized spacial score (nSPS) is 28.7. The molecule has 2 aliphatic rings. The SMILES string of the molecule is CN1CCC(CC(=O)N2CCC(=O)C(C)(C)C2)C1. The Morgan fingerprint density at radius 3 is 2.67 bits per heavy atom. The molecular weight excluding hydrogens is 228 g/mol. The molecule has 1 unspecified atom stereocenters. The lowest BCUT2D eigenvalue weighted by Gasteiger charge is -2.37. The first-order valence-electron chi connectivity index (χ1n) is 6.88. The number of Topliss-reactive ketones (excluding diaryl/α,β-unsaturated/α-hetero) is 1. The van der Waals surface area contributed by atoms with Crippen molar-refractivity contribution in [3.63, 3.8) is 0 Å². The third-order valence-electron chi connectivity index (χ3n) is 4.25. The zero-order chi connectivity index (χ0) is 13.3. The number of carbonyl (C=O) groups excluding carboxylic acids is 2. The van der Waals surface area contributed by atoms with E-state index in [1.165, 1.54) is 0 Å². The van der Waals surface area contributed by atoms with E-state index < -0.39 is 0 Å². The van der Waals surface area contributed by atoms with Gasteiger partial charge in [-0.3, -0.25) is 9.59 Å². The molecule has 0 N–H and O–H groups in total. The fourth-order valence-corrected chi connectivity index (χ4v) is 3.00. The van der Waals surface area contributed by atoms with Crippen LogP contribution in [0.25, 0.3) is 0 Å². The minimum atomic E-state index is -0.361. The summed E-state index contributed by atoms with van der Waals surface area (Å²) in [5.74, 6) is 1.02. The molecule has 0 bridgehead atoms. The van der Waals surface area contributed by atoms with Gasteiger partial charge in [-0.05, 0) is 25.9 Å². The molecule has 0 saturated carbocycles. The van der Waals surface area contributed by atoms with Crippen LogP contribution in [0, 0.1) is 11.3 Å². The van der Waals surface area contributed by atoms with Crippen molar-refractivity contribution in [2.75, 3.05) is 33.2 Å². The molecule has 2 heterocycles. The smallest absolute Gasteiger partial charge is 0.222 e. The Morgan fingerprint density at radius 2 is 2.11 bits per heavy atom. The van der Waals surface area contributed by atoms with E-state index in [4.69, 9.17) is 0 Å². The second kappa shape index (κ2) is 5.00. The van der Waals surface area contributed by atoms with Gasteiger partial charge in [0.1, 0.15) is 5.78 Å². The molecule has 102 valence electrons. The van der Waals surface area contributed by atoms with Gasteiger partial charge in [0.25, 0.3) is 0 Å². The summed E-state index contributed by atoms with van der Waals surface area (Å²) >= 11 is 0. The van der Waals surface area contributed by atoms with Crippen molar-refractivity contribution < 1.29 is 9.59 Å². The van der Waals surface area contributed by atoms with Crippen LogP contribution in [-0.4, -0.2) is 54.7 Å². The quantitative estimate of drug-likeness (QED) is 0.740. The average Bonchev–Trinajstić information content (AvgIpc) is 2.68. The molecule has 18 heavy (non-hydrogen) atoms. The summed E-state index contributed by atoms with van der Waals surface area (Å²) in [5, 5.41) is 0. The molecule has 2 fully saturated rings. The molecule has 1 atom stereocenters. The van der Waals surface area contributed by atoms with E-state index in [1.807, 2.05) is 18.7 Å². The molecule has 0 aromatic rings. The maximum Gasteiger partial charge on any atom is 0.222 e. The van der Waals surface area contributed by atoms with Gasteiger partial charge in [-0.15, -0.1) is 0 Å². The van der Waals surface area contributed by atoms with Crippen LogP contribution < -0.4 is 0 Å². The molecule has 1 amide bonds. The lowest BCUT2D eigenvalue weighted by atomic mass is 9.82. The first-order chi connectivity index (χ1) is 8.38. The predicted molar refractivity (Wildman–Crippen MR) is 70.2 cm³/mol. The molecule has 2 saturated heterocycles. The minimum absolute atomic E-state index is 0.232. The molecule has 0 aromatic heterocycles. The van der Waals surface area contributed by atoms with Gasteiger partial charge in [0.05, 0.1) is 0 Å². The highest BCUT2D eigenvalue weighted by Gasteiger charge is 2.36. The fraction of sp³-hybridized carbons (Fsp3) is 0.857. The van der Waals surface area contributed by atoms with E-state index in [-0.39, 0.29) is 17.1 Å². The number of hydrogen-bond donors (Lipinski definition) is 0. The van der Waals surface area contributed by atoms with Gasteiger partial charge >= 0.3 is 0 Å². The summed E-state index contributed by atoms with van der Waals surface area (Å²) in [6, 6.07) is 0. The number of hydrogen-bond acceptors (Lipinski definition) is 3. The van der Waals surface area contributed by atoms with E-state index in [2.05, 4.69) is 11.9 Å². The third-order valence-corrected chi connectivity index (χ3v) is 4.25. The zero-order valence-corrected chi connectivity index (χ0v) is 11.7. The highest BCUT2D eigenvalue weighted by atomic mass is 16.2. The maximum atomic E-state index is 12.3. The second-order valence-electron chi connectivity index (χ2n) is 6.49. The maximum absolute atomic E-state index is 12.3. The van der Waals surface area contributed by atoms with E-state index >= 15 is 0 Å². The van der Waals surface area contributed by atoms with Crippen LogP contribution in [0.15, 0.2) is 0 Å². The van der Waals surface area contributed by atoms with E-state index in [9.17, 15) is 9.59 Å². The lowest BCUT2D eigenvalue weighted by Crippen LogP contribution is -2.49.